The number of rotatable bonds is 0. The quantitative estimate of drug-likeness (QED) is 0.589. The molecule has 1 nitrogen and oxygen atoms in total. The summed E-state index contributed by atoms with van der Waals surface area (Å²) in [6.45, 7) is 0. The van der Waals surface area contributed by atoms with Crippen LogP contribution in [-0.4, -0.2) is 4.98 Å². The summed E-state index contributed by atoms with van der Waals surface area (Å²) < 4.78 is 1.11. The van der Waals surface area contributed by atoms with Gasteiger partial charge >= 0.3 is 58.2 Å². The zero-order valence-electron chi connectivity index (χ0n) is 8.34. The fourth-order valence-electron chi connectivity index (χ4n) is 1.76. The molecule has 3 aromatic rings. The molecule has 0 aliphatic heterocycles. The van der Waals surface area contributed by atoms with Gasteiger partial charge in [0.2, 0.25) is 0 Å². The summed E-state index contributed by atoms with van der Waals surface area (Å²) in [6, 6.07) is 15.3. The molecule has 2 aromatic carbocycles. The van der Waals surface area contributed by atoms with E-state index >= 15 is 0 Å². The van der Waals surface area contributed by atoms with Gasteiger partial charge in [0.05, 0.1) is 0 Å². The van der Waals surface area contributed by atoms with Crippen molar-refractivity contribution in [2.75, 3.05) is 0 Å². The first-order valence-corrected chi connectivity index (χ1v) is 5.21. The number of aromatic nitrogens is 1. The van der Waals surface area contributed by atoms with Gasteiger partial charge in [-0.1, -0.05) is 27.5 Å². The molecule has 0 saturated heterocycles. The number of H-pyrrole nitrogens is 1. The van der Waals surface area contributed by atoms with Crippen molar-refractivity contribution in [1.82, 2.24) is 4.98 Å². The first-order chi connectivity index (χ1) is 6.84. The molecule has 0 radical (unpaired) electrons. The maximum atomic E-state index is 3.48. The molecular weight excluding hydrogens is 324 g/mol. The van der Waals surface area contributed by atoms with Gasteiger partial charge in [-0.3, -0.25) is 0 Å². The summed E-state index contributed by atoms with van der Waals surface area (Å²) in [7, 11) is 0. The zero-order valence-corrected chi connectivity index (χ0v) is 14.8. The summed E-state index contributed by atoms with van der Waals surface area (Å²) in [4.78, 5) is 3.36. The first kappa shape index (κ1) is 12.0. The van der Waals surface area contributed by atoms with Crippen LogP contribution in [0.3, 0.4) is 0 Å². The molecule has 0 bridgehead atoms. The number of nitrogens with one attached hydrogen (secondary N) is 1. The van der Waals surface area contributed by atoms with Crippen LogP contribution in [0.25, 0.3) is 21.8 Å². The first-order valence-electron chi connectivity index (χ1n) is 4.42. The van der Waals surface area contributed by atoms with Crippen LogP contribution in [0.1, 0.15) is 0 Å². The van der Waals surface area contributed by atoms with Crippen LogP contribution in [0.2, 0.25) is 0 Å². The molecule has 0 spiro atoms. The van der Waals surface area contributed by atoms with Gasteiger partial charge in [0.15, 0.2) is 0 Å². The van der Waals surface area contributed by atoms with Crippen LogP contribution in [0.5, 0.6) is 0 Å². The van der Waals surface area contributed by atoms with E-state index < -0.39 is 0 Å². The molecule has 0 unspecified atom stereocenters. The van der Waals surface area contributed by atoms with Gasteiger partial charge in [0.25, 0.3) is 0 Å². The van der Waals surface area contributed by atoms with Gasteiger partial charge in [-0.05, 0) is 17.5 Å². The maximum Gasteiger partial charge on any atom is 1.00 e. The summed E-state index contributed by atoms with van der Waals surface area (Å²) in [6.07, 6.45) is 0. The monoisotopic (exact) mass is 329 g/mol. The summed E-state index contributed by atoms with van der Waals surface area (Å²) in [5, 5.41) is 2.47. The second-order valence-electron chi connectivity index (χ2n) is 3.29. The third-order valence-corrected chi connectivity index (χ3v) is 2.90. The standard InChI is InChI=1S/C12H7BrN.Rb/c13-8-5-6-12-10(7-8)9-3-1-2-4-11(9)14-12;/h2-7,14H;/q-1;+1. The van der Waals surface area contributed by atoms with Crippen molar-refractivity contribution in [3.63, 3.8) is 0 Å². The van der Waals surface area contributed by atoms with Crippen LogP contribution < -0.4 is 58.2 Å². The molecule has 0 atom stereocenters. The van der Waals surface area contributed by atoms with Gasteiger partial charge in [-0.25, -0.2) is 0 Å². The molecule has 0 fully saturated rings. The van der Waals surface area contributed by atoms with E-state index in [0.717, 1.165) is 9.99 Å². The second kappa shape index (κ2) is 4.80. The summed E-state index contributed by atoms with van der Waals surface area (Å²) >= 11 is 3.48. The zero-order chi connectivity index (χ0) is 9.54. The van der Waals surface area contributed by atoms with Crippen LogP contribution in [0.15, 0.2) is 40.9 Å². The normalized spacial score (nSPS) is 10.5. The molecule has 15 heavy (non-hydrogen) atoms. The predicted molar refractivity (Wildman–Crippen MR) is 62.3 cm³/mol. The number of benzene rings is 2. The maximum absolute atomic E-state index is 3.48. The number of fused-ring (bicyclic) bond motifs is 3. The number of aromatic amines is 1. The Morgan fingerprint density at radius 3 is 2.73 bits per heavy atom. The predicted octanol–water partition coefficient (Wildman–Crippen LogP) is 0.888. The Morgan fingerprint density at radius 1 is 1.07 bits per heavy atom. The third-order valence-electron chi connectivity index (χ3n) is 2.41. The average Bonchev–Trinajstić information content (AvgIpc) is 2.56. The Labute approximate surface area is 145 Å². The molecule has 0 aliphatic carbocycles. The Morgan fingerprint density at radius 2 is 1.87 bits per heavy atom. The van der Waals surface area contributed by atoms with Crippen molar-refractivity contribution >= 4 is 37.7 Å². The minimum Gasteiger partial charge on any atom is -0.378 e. The molecule has 3 rings (SSSR count). The van der Waals surface area contributed by atoms with Crippen molar-refractivity contribution in [3.05, 3.63) is 46.9 Å². The van der Waals surface area contributed by atoms with Crippen LogP contribution in [-0.2, 0) is 0 Å². The van der Waals surface area contributed by atoms with Crippen LogP contribution in [0.4, 0.5) is 0 Å². The Bertz CT molecular complexity index is 615. The van der Waals surface area contributed by atoms with Crippen molar-refractivity contribution in [3.8, 4) is 0 Å². The topological polar surface area (TPSA) is 15.8 Å². The SMILES string of the molecule is Brc1ccc2[nH]c3cc[c-]cc3c2c1.[Rb+]. The minimum absolute atomic E-state index is 0. The van der Waals surface area contributed by atoms with E-state index in [1.165, 1.54) is 16.3 Å². The number of halogens is 1. The average molecular weight is 331 g/mol. The molecule has 0 aliphatic rings. The molecular formula is C12H7BrNRb. The molecule has 1 heterocycles. The molecule has 0 amide bonds. The van der Waals surface area contributed by atoms with Crippen molar-refractivity contribution < 1.29 is 58.2 Å². The summed E-state index contributed by atoms with van der Waals surface area (Å²) in [5.74, 6) is 0. The fraction of sp³-hybridized carbons (Fsp3) is 0. The third kappa shape index (κ3) is 2.15. The summed E-state index contributed by atoms with van der Waals surface area (Å²) in [5.41, 5.74) is 2.33. The fourth-order valence-corrected chi connectivity index (χ4v) is 2.12. The van der Waals surface area contributed by atoms with E-state index in [1.54, 1.807) is 0 Å². The Hall–Kier alpha value is 0.525. The van der Waals surface area contributed by atoms with E-state index in [1.807, 2.05) is 24.3 Å². The van der Waals surface area contributed by atoms with Crippen LogP contribution in [0, 0.1) is 6.07 Å². The minimum atomic E-state index is 0. The smallest absolute Gasteiger partial charge is 0.378 e. The Kier molecular flexibility index (Phi) is 3.84. The number of hydrogen-bond donors (Lipinski definition) is 1. The van der Waals surface area contributed by atoms with Crippen molar-refractivity contribution in [2.45, 2.75) is 0 Å². The van der Waals surface area contributed by atoms with Gasteiger partial charge in [0, 0.05) is 9.99 Å². The molecule has 3 heteroatoms. The van der Waals surface area contributed by atoms with Crippen LogP contribution >= 0.6 is 15.9 Å². The van der Waals surface area contributed by atoms with E-state index in [9.17, 15) is 0 Å². The van der Waals surface area contributed by atoms with E-state index in [4.69, 9.17) is 0 Å². The van der Waals surface area contributed by atoms with Gasteiger partial charge in [-0.2, -0.15) is 18.2 Å². The molecule has 68 valence electrons. The van der Waals surface area contributed by atoms with E-state index in [-0.39, 0.29) is 58.2 Å². The number of hydrogen-bond acceptors (Lipinski definition) is 0. The van der Waals surface area contributed by atoms with Crippen molar-refractivity contribution in [1.29, 1.82) is 0 Å². The van der Waals surface area contributed by atoms with E-state index in [2.05, 4.69) is 39.1 Å². The van der Waals surface area contributed by atoms with E-state index in [0.29, 0.717) is 0 Å². The van der Waals surface area contributed by atoms with Gasteiger partial charge in [0.1, 0.15) is 0 Å². The van der Waals surface area contributed by atoms with Gasteiger partial charge < -0.3 is 4.98 Å². The molecule has 0 saturated carbocycles. The Balaban J connectivity index is 0.000000853. The molecule has 1 N–H and O–H groups in total. The molecule has 1 aromatic heterocycles. The second-order valence-corrected chi connectivity index (χ2v) is 4.20. The largest absolute Gasteiger partial charge is 1.00 e. The van der Waals surface area contributed by atoms with Gasteiger partial charge in [-0.15, -0.1) is 11.5 Å². The van der Waals surface area contributed by atoms with Crippen molar-refractivity contribution in [2.24, 2.45) is 0 Å².